The molecule has 1 aliphatic heterocycles. The van der Waals surface area contributed by atoms with E-state index in [0.29, 0.717) is 11.9 Å². The first kappa shape index (κ1) is 9.99. The first-order valence-electron chi connectivity index (χ1n) is 5.06. The van der Waals surface area contributed by atoms with Gasteiger partial charge in [0, 0.05) is 12.2 Å². The Balaban J connectivity index is 2.01. The van der Waals surface area contributed by atoms with Gasteiger partial charge in [0.15, 0.2) is 0 Å². The summed E-state index contributed by atoms with van der Waals surface area (Å²) in [6.07, 6.45) is 6.42. The Morgan fingerprint density at radius 3 is 2.79 bits per heavy atom. The number of nitrogens with zero attached hydrogens (tertiary/aromatic N) is 3. The number of alkyl halides is 1. The molecule has 0 unspecified atom stereocenters. The zero-order valence-electron chi connectivity index (χ0n) is 8.49. The highest BCUT2D eigenvalue weighted by Gasteiger charge is 2.17. The molecule has 0 aromatic carbocycles. The molecule has 14 heavy (non-hydrogen) atoms. The van der Waals surface area contributed by atoms with E-state index in [1.165, 1.54) is 25.9 Å². The lowest BCUT2D eigenvalue weighted by Crippen LogP contribution is -2.31. The van der Waals surface area contributed by atoms with Crippen LogP contribution in [0.4, 0.5) is 0 Å². The van der Waals surface area contributed by atoms with Crippen LogP contribution in [-0.2, 0) is 5.88 Å². The van der Waals surface area contributed by atoms with E-state index < -0.39 is 0 Å². The van der Waals surface area contributed by atoms with Crippen LogP contribution in [0.25, 0.3) is 0 Å². The van der Waals surface area contributed by atoms with Gasteiger partial charge < -0.3 is 9.47 Å². The molecule has 0 aliphatic carbocycles. The van der Waals surface area contributed by atoms with E-state index in [2.05, 4.69) is 27.7 Å². The van der Waals surface area contributed by atoms with E-state index in [9.17, 15) is 0 Å². The molecule has 0 amide bonds. The number of likely N-dealkylation sites (tertiary alicyclic amines) is 1. The summed E-state index contributed by atoms with van der Waals surface area (Å²) in [6.45, 7) is 2.36. The standard InChI is InChI=1S/C10H16ClN3/c1-13-4-2-10(3-5-13)14-7-9(6-11)12-8-14/h7-8,10H,2-6H2,1H3. The van der Waals surface area contributed by atoms with Crippen molar-refractivity contribution in [3.63, 3.8) is 0 Å². The van der Waals surface area contributed by atoms with Crippen LogP contribution >= 0.6 is 11.6 Å². The Morgan fingerprint density at radius 1 is 1.50 bits per heavy atom. The summed E-state index contributed by atoms with van der Waals surface area (Å²) in [5.74, 6) is 0.514. The molecule has 1 aliphatic rings. The van der Waals surface area contributed by atoms with Crippen molar-refractivity contribution in [3.8, 4) is 0 Å². The fraction of sp³-hybridized carbons (Fsp3) is 0.700. The average Bonchev–Trinajstić information content (AvgIpc) is 2.67. The van der Waals surface area contributed by atoms with Crippen LogP contribution in [0.5, 0.6) is 0 Å². The third-order valence-electron chi connectivity index (χ3n) is 2.90. The quantitative estimate of drug-likeness (QED) is 0.700. The summed E-state index contributed by atoms with van der Waals surface area (Å²) in [4.78, 5) is 6.62. The third kappa shape index (κ3) is 2.10. The smallest absolute Gasteiger partial charge is 0.0952 e. The van der Waals surface area contributed by atoms with Gasteiger partial charge in [-0.15, -0.1) is 11.6 Å². The Bertz CT molecular complexity index is 289. The Kier molecular flexibility index (Phi) is 3.08. The van der Waals surface area contributed by atoms with Gasteiger partial charge in [-0.1, -0.05) is 0 Å². The fourth-order valence-corrected chi connectivity index (χ4v) is 2.08. The highest BCUT2D eigenvalue weighted by Crippen LogP contribution is 2.21. The maximum absolute atomic E-state index is 5.72. The van der Waals surface area contributed by atoms with Crippen molar-refractivity contribution < 1.29 is 0 Å². The number of rotatable bonds is 2. The Hall–Kier alpha value is -0.540. The van der Waals surface area contributed by atoms with Gasteiger partial charge >= 0.3 is 0 Å². The van der Waals surface area contributed by atoms with E-state index in [1.807, 2.05) is 6.33 Å². The van der Waals surface area contributed by atoms with E-state index in [4.69, 9.17) is 11.6 Å². The molecule has 78 valence electrons. The van der Waals surface area contributed by atoms with Crippen molar-refractivity contribution in [2.24, 2.45) is 0 Å². The van der Waals surface area contributed by atoms with Gasteiger partial charge in [-0.3, -0.25) is 0 Å². The molecule has 3 nitrogen and oxygen atoms in total. The second kappa shape index (κ2) is 4.32. The van der Waals surface area contributed by atoms with Crippen LogP contribution in [0.3, 0.4) is 0 Å². The highest BCUT2D eigenvalue weighted by molar-refractivity contribution is 6.16. The maximum atomic E-state index is 5.72. The number of halogens is 1. The molecular formula is C10H16ClN3. The summed E-state index contributed by atoms with van der Waals surface area (Å²) in [5, 5.41) is 0. The second-order valence-corrected chi connectivity index (χ2v) is 4.25. The van der Waals surface area contributed by atoms with Gasteiger partial charge in [0.2, 0.25) is 0 Å². The molecule has 0 saturated carbocycles. The molecular weight excluding hydrogens is 198 g/mol. The molecule has 1 aromatic heterocycles. The number of aromatic nitrogens is 2. The largest absolute Gasteiger partial charge is 0.334 e. The van der Waals surface area contributed by atoms with E-state index in [1.54, 1.807) is 0 Å². The lowest BCUT2D eigenvalue weighted by Gasteiger charge is -2.29. The highest BCUT2D eigenvalue weighted by atomic mass is 35.5. The molecule has 4 heteroatoms. The van der Waals surface area contributed by atoms with Crippen molar-refractivity contribution in [1.29, 1.82) is 0 Å². The number of imidazole rings is 1. The number of hydrogen-bond donors (Lipinski definition) is 0. The molecule has 0 radical (unpaired) electrons. The molecule has 1 saturated heterocycles. The van der Waals surface area contributed by atoms with Gasteiger partial charge in [0.25, 0.3) is 0 Å². The van der Waals surface area contributed by atoms with Crippen molar-refractivity contribution >= 4 is 11.6 Å². The SMILES string of the molecule is CN1CCC(n2cnc(CCl)c2)CC1. The van der Waals surface area contributed by atoms with Crippen molar-refractivity contribution in [2.45, 2.75) is 24.8 Å². The minimum Gasteiger partial charge on any atom is -0.334 e. The van der Waals surface area contributed by atoms with Gasteiger partial charge in [0.05, 0.1) is 17.9 Å². The van der Waals surface area contributed by atoms with Gasteiger partial charge in [0.1, 0.15) is 0 Å². The lowest BCUT2D eigenvalue weighted by atomic mass is 10.1. The van der Waals surface area contributed by atoms with Crippen LogP contribution in [0, 0.1) is 0 Å². The van der Waals surface area contributed by atoms with Gasteiger partial charge in [-0.25, -0.2) is 4.98 Å². The van der Waals surface area contributed by atoms with Crippen LogP contribution in [-0.4, -0.2) is 34.6 Å². The molecule has 0 spiro atoms. The summed E-state index contributed by atoms with van der Waals surface area (Å²) >= 11 is 5.72. The molecule has 0 N–H and O–H groups in total. The molecule has 1 fully saturated rings. The Labute approximate surface area is 89.7 Å². The van der Waals surface area contributed by atoms with Crippen molar-refractivity contribution in [3.05, 3.63) is 18.2 Å². The summed E-state index contributed by atoms with van der Waals surface area (Å²) in [5.41, 5.74) is 0.977. The van der Waals surface area contributed by atoms with Gasteiger partial charge in [-0.2, -0.15) is 0 Å². The van der Waals surface area contributed by atoms with Crippen molar-refractivity contribution in [1.82, 2.24) is 14.5 Å². The second-order valence-electron chi connectivity index (χ2n) is 3.98. The monoisotopic (exact) mass is 213 g/mol. The van der Waals surface area contributed by atoms with Crippen molar-refractivity contribution in [2.75, 3.05) is 20.1 Å². The summed E-state index contributed by atoms with van der Waals surface area (Å²) in [6, 6.07) is 0.621. The number of piperidine rings is 1. The normalized spacial score (nSPS) is 20.1. The van der Waals surface area contributed by atoms with Crippen LogP contribution in [0.1, 0.15) is 24.6 Å². The first-order chi connectivity index (χ1) is 6.79. The summed E-state index contributed by atoms with van der Waals surface area (Å²) in [7, 11) is 2.17. The molecule has 1 aromatic rings. The minimum absolute atomic E-state index is 0.514. The lowest BCUT2D eigenvalue weighted by molar-refractivity contribution is 0.221. The molecule has 2 rings (SSSR count). The van der Waals surface area contributed by atoms with Crippen LogP contribution < -0.4 is 0 Å². The molecule has 0 bridgehead atoms. The Morgan fingerprint density at radius 2 is 2.21 bits per heavy atom. The predicted molar refractivity (Wildman–Crippen MR) is 57.6 cm³/mol. The third-order valence-corrected chi connectivity index (χ3v) is 3.18. The topological polar surface area (TPSA) is 21.1 Å². The van der Waals surface area contributed by atoms with Crippen LogP contribution in [0.2, 0.25) is 0 Å². The molecule has 0 atom stereocenters. The number of hydrogen-bond acceptors (Lipinski definition) is 2. The first-order valence-corrected chi connectivity index (χ1v) is 5.60. The van der Waals surface area contributed by atoms with Crippen LogP contribution in [0.15, 0.2) is 12.5 Å². The summed E-state index contributed by atoms with van der Waals surface area (Å²) < 4.78 is 2.21. The average molecular weight is 214 g/mol. The predicted octanol–water partition coefficient (Wildman–Crippen LogP) is 1.89. The molecule has 2 heterocycles. The zero-order valence-corrected chi connectivity index (χ0v) is 9.24. The maximum Gasteiger partial charge on any atom is 0.0952 e. The zero-order chi connectivity index (χ0) is 9.97. The van der Waals surface area contributed by atoms with E-state index in [-0.39, 0.29) is 0 Å². The van der Waals surface area contributed by atoms with E-state index in [0.717, 1.165) is 5.69 Å². The van der Waals surface area contributed by atoms with Gasteiger partial charge in [-0.05, 0) is 33.0 Å². The fourth-order valence-electron chi connectivity index (χ4n) is 1.94. The van der Waals surface area contributed by atoms with E-state index >= 15 is 0 Å². The minimum atomic E-state index is 0.514.